The SMILES string of the molecule is CCC(C)N(CC1=CCC2CC1C2(C)C)C(=O)c1ccc(OC)cc1. The second-order valence-electron chi connectivity index (χ2n) is 8.24. The lowest BCUT2D eigenvalue weighted by atomic mass is 9.49. The standard InChI is InChI=1S/C22H31NO2/c1-6-15(2)23(21(24)16-8-11-19(25-5)12-9-16)14-17-7-10-18-13-20(17)22(18,3)4/h7-9,11-12,15,18,20H,6,10,13-14H2,1-5H3. The Balaban J connectivity index is 1.80. The molecule has 1 aromatic rings. The number of allylic oxidation sites excluding steroid dienone is 1. The monoisotopic (exact) mass is 341 g/mol. The Labute approximate surface area is 152 Å². The van der Waals surface area contributed by atoms with Crippen LogP contribution in [0.5, 0.6) is 5.75 Å². The number of amides is 1. The Hall–Kier alpha value is -1.77. The predicted molar refractivity (Wildman–Crippen MR) is 102 cm³/mol. The molecule has 0 aromatic heterocycles. The number of carbonyl (C=O) groups is 1. The lowest BCUT2D eigenvalue weighted by molar-refractivity contribution is -0.0112. The lowest BCUT2D eigenvalue weighted by Gasteiger charge is -2.57. The topological polar surface area (TPSA) is 29.5 Å². The minimum Gasteiger partial charge on any atom is -0.497 e. The minimum absolute atomic E-state index is 0.122. The average Bonchev–Trinajstić information content (AvgIpc) is 2.65. The van der Waals surface area contributed by atoms with Gasteiger partial charge in [0.15, 0.2) is 0 Å². The molecule has 1 amide bonds. The van der Waals surface area contributed by atoms with Crippen molar-refractivity contribution < 1.29 is 9.53 Å². The Morgan fingerprint density at radius 2 is 2.00 bits per heavy atom. The fourth-order valence-corrected chi connectivity index (χ4v) is 4.40. The summed E-state index contributed by atoms with van der Waals surface area (Å²) >= 11 is 0. The number of benzene rings is 1. The van der Waals surface area contributed by atoms with E-state index in [1.165, 1.54) is 18.4 Å². The Morgan fingerprint density at radius 1 is 1.32 bits per heavy atom. The third-order valence-corrected chi connectivity index (χ3v) is 6.66. The lowest BCUT2D eigenvalue weighted by Crippen LogP contribution is -2.51. The van der Waals surface area contributed by atoms with Crippen LogP contribution in [0, 0.1) is 17.3 Å². The number of hydrogen-bond acceptors (Lipinski definition) is 2. The van der Waals surface area contributed by atoms with Crippen molar-refractivity contribution in [1.29, 1.82) is 0 Å². The van der Waals surface area contributed by atoms with Crippen molar-refractivity contribution in [3.63, 3.8) is 0 Å². The zero-order valence-corrected chi connectivity index (χ0v) is 16.2. The fourth-order valence-electron chi connectivity index (χ4n) is 4.40. The molecule has 0 saturated heterocycles. The molecule has 3 nitrogen and oxygen atoms in total. The second kappa shape index (κ2) is 6.86. The molecule has 0 aliphatic heterocycles. The van der Waals surface area contributed by atoms with Gasteiger partial charge < -0.3 is 9.64 Å². The number of hydrogen-bond donors (Lipinski definition) is 0. The summed E-state index contributed by atoms with van der Waals surface area (Å²) in [5.74, 6) is 2.37. The number of ether oxygens (including phenoxy) is 1. The van der Waals surface area contributed by atoms with Gasteiger partial charge in [0.05, 0.1) is 7.11 Å². The molecule has 0 N–H and O–H groups in total. The largest absolute Gasteiger partial charge is 0.497 e. The molecule has 0 heterocycles. The van der Waals surface area contributed by atoms with Crippen molar-refractivity contribution in [2.24, 2.45) is 17.3 Å². The van der Waals surface area contributed by atoms with Crippen LogP contribution in [0.15, 0.2) is 35.9 Å². The highest BCUT2D eigenvalue weighted by Crippen LogP contribution is 2.59. The Morgan fingerprint density at radius 3 is 2.52 bits per heavy atom. The van der Waals surface area contributed by atoms with Gasteiger partial charge in [-0.2, -0.15) is 0 Å². The van der Waals surface area contributed by atoms with E-state index < -0.39 is 0 Å². The molecule has 2 bridgehead atoms. The summed E-state index contributed by atoms with van der Waals surface area (Å²) in [6, 6.07) is 7.70. The number of carbonyl (C=O) groups excluding carboxylic acids is 1. The van der Waals surface area contributed by atoms with E-state index in [2.05, 4.69) is 38.7 Å². The molecular weight excluding hydrogens is 310 g/mol. The van der Waals surface area contributed by atoms with E-state index >= 15 is 0 Å². The molecule has 1 aromatic carbocycles. The van der Waals surface area contributed by atoms with Crippen molar-refractivity contribution in [3.05, 3.63) is 41.5 Å². The Bertz CT molecular complexity index is 659. The maximum absolute atomic E-state index is 13.2. The van der Waals surface area contributed by atoms with E-state index in [0.29, 0.717) is 11.3 Å². The van der Waals surface area contributed by atoms with Gasteiger partial charge in [-0.1, -0.05) is 32.4 Å². The van der Waals surface area contributed by atoms with Gasteiger partial charge >= 0.3 is 0 Å². The zero-order chi connectivity index (χ0) is 18.2. The first-order chi connectivity index (χ1) is 11.9. The molecule has 3 atom stereocenters. The van der Waals surface area contributed by atoms with E-state index in [0.717, 1.165) is 30.2 Å². The predicted octanol–water partition coefficient (Wildman–Crippen LogP) is 4.93. The second-order valence-corrected chi connectivity index (χ2v) is 8.24. The summed E-state index contributed by atoms with van der Waals surface area (Å²) in [5, 5.41) is 0. The third-order valence-electron chi connectivity index (χ3n) is 6.66. The van der Waals surface area contributed by atoms with Crippen LogP contribution in [0.3, 0.4) is 0 Å². The van der Waals surface area contributed by atoms with Gasteiger partial charge in [0.25, 0.3) is 5.91 Å². The maximum Gasteiger partial charge on any atom is 0.254 e. The molecule has 3 aliphatic rings. The van der Waals surface area contributed by atoms with E-state index in [9.17, 15) is 4.79 Å². The summed E-state index contributed by atoms with van der Waals surface area (Å²) in [4.78, 5) is 15.2. The van der Waals surface area contributed by atoms with Crippen LogP contribution in [0.4, 0.5) is 0 Å². The molecule has 3 heteroatoms. The highest BCUT2D eigenvalue weighted by Gasteiger charge is 2.51. The highest BCUT2D eigenvalue weighted by molar-refractivity contribution is 5.94. The van der Waals surface area contributed by atoms with E-state index in [4.69, 9.17) is 4.74 Å². The molecule has 0 radical (unpaired) electrons. The van der Waals surface area contributed by atoms with Gasteiger partial charge in [0.2, 0.25) is 0 Å². The summed E-state index contributed by atoms with van der Waals surface area (Å²) in [6.45, 7) is 9.84. The average molecular weight is 341 g/mol. The first-order valence-corrected chi connectivity index (χ1v) is 9.52. The van der Waals surface area contributed by atoms with Gasteiger partial charge in [-0.25, -0.2) is 0 Å². The number of rotatable bonds is 6. The van der Waals surface area contributed by atoms with Crippen LogP contribution >= 0.6 is 0 Å². The molecule has 25 heavy (non-hydrogen) atoms. The minimum atomic E-state index is 0.122. The number of nitrogens with zero attached hydrogens (tertiary/aromatic N) is 1. The molecule has 4 rings (SSSR count). The maximum atomic E-state index is 13.2. The quantitative estimate of drug-likeness (QED) is 0.687. The highest BCUT2D eigenvalue weighted by atomic mass is 16.5. The fraction of sp³-hybridized carbons (Fsp3) is 0.591. The summed E-state index contributed by atoms with van der Waals surface area (Å²) in [7, 11) is 1.64. The van der Waals surface area contributed by atoms with Gasteiger partial charge in [-0.15, -0.1) is 0 Å². The molecule has 1 saturated carbocycles. The first-order valence-electron chi connectivity index (χ1n) is 9.52. The third kappa shape index (κ3) is 3.21. The van der Waals surface area contributed by atoms with Gasteiger partial charge in [-0.3, -0.25) is 4.79 Å². The molecule has 136 valence electrons. The molecule has 3 unspecified atom stereocenters. The van der Waals surface area contributed by atoms with Crippen LogP contribution in [0.1, 0.15) is 57.3 Å². The van der Waals surface area contributed by atoms with Crippen LogP contribution in [0.2, 0.25) is 0 Å². The summed E-state index contributed by atoms with van der Waals surface area (Å²) in [5.41, 5.74) is 2.60. The van der Waals surface area contributed by atoms with Gasteiger partial charge in [-0.05, 0) is 67.7 Å². The van der Waals surface area contributed by atoms with Crippen molar-refractivity contribution >= 4 is 5.91 Å². The van der Waals surface area contributed by atoms with E-state index in [-0.39, 0.29) is 11.9 Å². The van der Waals surface area contributed by atoms with Gasteiger partial charge in [0.1, 0.15) is 5.75 Å². The van der Waals surface area contributed by atoms with Crippen LogP contribution < -0.4 is 4.74 Å². The molecular formula is C22H31NO2. The van der Waals surface area contributed by atoms with Crippen molar-refractivity contribution in [1.82, 2.24) is 4.90 Å². The molecule has 3 aliphatic carbocycles. The zero-order valence-electron chi connectivity index (χ0n) is 16.2. The van der Waals surface area contributed by atoms with Crippen molar-refractivity contribution in [2.45, 2.75) is 53.0 Å². The van der Waals surface area contributed by atoms with E-state index in [1.807, 2.05) is 24.3 Å². The number of fused-ring (bicyclic) bond motifs is 1. The smallest absolute Gasteiger partial charge is 0.254 e. The van der Waals surface area contributed by atoms with Gasteiger partial charge in [0, 0.05) is 18.2 Å². The van der Waals surface area contributed by atoms with Crippen molar-refractivity contribution in [3.8, 4) is 5.75 Å². The molecule has 1 fully saturated rings. The van der Waals surface area contributed by atoms with Crippen LogP contribution in [0.25, 0.3) is 0 Å². The van der Waals surface area contributed by atoms with Crippen LogP contribution in [-0.4, -0.2) is 30.5 Å². The first kappa shape index (κ1) is 18.0. The summed E-state index contributed by atoms with van der Waals surface area (Å²) < 4.78 is 5.21. The Kier molecular flexibility index (Phi) is 4.95. The normalized spacial score (nSPS) is 24.8. The van der Waals surface area contributed by atoms with Crippen LogP contribution in [-0.2, 0) is 0 Å². The number of methoxy groups -OCH3 is 1. The van der Waals surface area contributed by atoms with E-state index in [1.54, 1.807) is 7.11 Å². The molecule has 0 spiro atoms. The summed E-state index contributed by atoms with van der Waals surface area (Å²) in [6.07, 6.45) is 5.83. The van der Waals surface area contributed by atoms with Crippen molar-refractivity contribution in [2.75, 3.05) is 13.7 Å².